The summed E-state index contributed by atoms with van der Waals surface area (Å²) in [5.41, 5.74) is 0.647. The maximum absolute atomic E-state index is 14.9. The number of carbonyl (C=O) groups is 4. The van der Waals surface area contributed by atoms with E-state index in [0.717, 1.165) is 22.9 Å². The van der Waals surface area contributed by atoms with Crippen molar-refractivity contribution in [3.05, 3.63) is 133 Å². The van der Waals surface area contributed by atoms with Crippen LogP contribution >= 0.6 is 0 Å². The Hall–Kier alpha value is -6.49. The van der Waals surface area contributed by atoms with Gasteiger partial charge in [-0.05, 0) is 89.1 Å². The van der Waals surface area contributed by atoms with Crippen LogP contribution in [0.3, 0.4) is 0 Å². The first-order valence-corrected chi connectivity index (χ1v) is 14.3. The number of fused-ring (bicyclic) bond motifs is 2. The number of hydrogen-bond acceptors (Lipinski definition) is 10. The Labute approximate surface area is 273 Å². The molecule has 242 valence electrons. The SMILES string of the molecule is C=CC(=O)OCOc1ccc2cc(C(=O)Oc3ccc(OC(=O)c4ccc5cc(OCOC(=O)C(=C)C)ccc5c4)cc3F)ccc2c1. The van der Waals surface area contributed by atoms with Crippen LogP contribution in [-0.4, -0.2) is 37.5 Å². The van der Waals surface area contributed by atoms with E-state index >= 15 is 0 Å². The van der Waals surface area contributed by atoms with Gasteiger partial charge in [-0.25, -0.2) is 23.6 Å². The molecule has 0 aromatic heterocycles. The molecular weight excluding hydrogens is 623 g/mol. The monoisotopic (exact) mass is 650 g/mol. The number of hydrogen-bond donors (Lipinski definition) is 0. The molecule has 0 aliphatic heterocycles. The summed E-state index contributed by atoms with van der Waals surface area (Å²) in [6, 6.07) is 23.2. The van der Waals surface area contributed by atoms with Gasteiger partial charge in [-0.3, -0.25) is 0 Å². The van der Waals surface area contributed by atoms with Gasteiger partial charge in [0.2, 0.25) is 13.6 Å². The molecule has 0 amide bonds. The molecule has 0 saturated carbocycles. The third-order valence-corrected chi connectivity index (χ3v) is 6.77. The molecule has 10 nitrogen and oxygen atoms in total. The standard InChI is InChI=1S/C37H27FO10/c1-4-34(39)45-20-43-29-11-9-24-16-28(8-6-26(24)17-29)37(42)48-33-14-13-31(19-32(33)38)47-36(41)27-7-5-25-18-30(12-10-23(25)15-27)44-21-46-35(40)22(2)3/h4-19H,1-2,20-21H2,3H3. The number of benzene rings is 5. The van der Waals surface area contributed by atoms with Gasteiger partial charge in [0.15, 0.2) is 11.6 Å². The average molecular weight is 651 g/mol. The highest BCUT2D eigenvalue weighted by atomic mass is 19.1. The maximum atomic E-state index is 14.9. The van der Waals surface area contributed by atoms with Crippen LogP contribution in [0.15, 0.2) is 116 Å². The van der Waals surface area contributed by atoms with Crippen molar-refractivity contribution in [3.63, 3.8) is 0 Å². The fourth-order valence-corrected chi connectivity index (χ4v) is 4.32. The molecule has 48 heavy (non-hydrogen) atoms. The van der Waals surface area contributed by atoms with Crippen LogP contribution in [-0.2, 0) is 19.1 Å². The van der Waals surface area contributed by atoms with Crippen LogP contribution in [0.5, 0.6) is 23.0 Å². The Morgan fingerprint density at radius 3 is 1.69 bits per heavy atom. The van der Waals surface area contributed by atoms with E-state index in [1.54, 1.807) is 66.7 Å². The second-order valence-corrected chi connectivity index (χ2v) is 10.2. The quantitative estimate of drug-likeness (QED) is 0.0598. The van der Waals surface area contributed by atoms with E-state index in [0.29, 0.717) is 22.3 Å². The molecule has 5 aromatic carbocycles. The molecule has 0 unspecified atom stereocenters. The van der Waals surface area contributed by atoms with Gasteiger partial charge in [-0.15, -0.1) is 0 Å². The zero-order valence-corrected chi connectivity index (χ0v) is 25.5. The van der Waals surface area contributed by atoms with Gasteiger partial charge in [-0.1, -0.05) is 37.4 Å². The van der Waals surface area contributed by atoms with Crippen molar-refractivity contribution in [2.45, 2.75) is 6.92 Å². The third kappa shape index (κ3) is 8.20. The molecule has 5 aromatic rings. The number of carbonyl (C=O) groups excluding carboxylic acids is 4. The minimum absolute atomic E-state index is 0.0894. The smallest absolute Gasteiger partial charge is 0.343 e. The first kappa shape index (κ1) is 32.9. The van der Waals surface area contributed by atoms with Crippen LogP contribution in [0.4, 0.5) is 4.39 Å². The molecule has 0 aliphatic carbocycles. The summed E-state index contributed by atoms with van der Waals surface area (Å²) >= 11 is 0. The highest BCUT2D eigenvalue weighted by Gasteiger charge is 2.16. The van der Waals surface area contributed by atoms with E-state index in [-0.39, 0.29) is 41.8 Å². The fraction of sp³-hybridized carbons (Fsp3) is 0.0811. The van der Waals surface area contributed by atoms with Gasteiger partial charge in [0, 0.05) is 17.7 Å². The van der Waals surface area contributed by atoms with Gasteiger partial charge in [0.25, 0.3) is 0 Å². The number of halogens is 1. The van der Waals surface area contributed by atoms with Crippen LogP contribution in [0.1, 0.15) is 27.6 Å². The van der Waals surface area contributed by atoms with Crippen LogP contribution in [0.25, 0.3) is 21.5 Å². The largest absolute Gasteiger partial charge is 0.457 e. The summed E-state index contributed by atoms with van der Waals surface area (Å²) < 4.78 is 46.1. The van der Waals surface area contributed by atoms with Gasteiger partial charge < -0.3 is 28.4 Å². The molecular formula is C37H27FO10. The van der Waals surface area contributed by atoms with E-state index in [4.69, 9.17) is 28.4 Å². The third-order valence-electron chi connectivity index (χ3n) is 6.77. The van der Waals surface area contributed by atoms with Crippen molar-refractivity contribution in [2.24, 2.45) is 0 Å². The van der Waals surface area contributed by atoms with Crippen molar-refractivity contribution in [3.8, 4) is 23.0 Å². The predicted octanol–water partition coefficient (Wildman–Crippen LogP) is 7.09. The predicted molar refractivity (Wildman–Crippen MR) is 172 cm³/mol. The molecule has 0 atom stereocenters. The van der Waals surface area contributed by atoms with Gasteiger partial charge in [-0.2, -0.15) is 0 Å². The summed E-state index contributed by atoms with van der Waals surface area (Å²) in [7, 11) is 0. The van der Waals surface area contributed by atoms with E-state index in [1.165, 1.54) is 25.1 Å². The van der Waals surface area contributed by atoms with Crippen LogP contribution < -0.4 is 18.9 Å². The first-order chi connectivity index (χ1) is 23.1. The maximum Gasteiger partial charge on any atom is 0.343 e. The highest BCUT2D eigenvalue weighted by molar-refractivity contribution is 5.98. The molecule has 0 spiro atoms. The lowest BCUT2D eigenvalue weighted by Crippen LogP contribution is -2.11. The lowest BCUT2D eigenvalue weighted by atomic mass is 10.1. The number of rotatable bonds is 12. The minimum atomic E-state index is -0.909. The molecule has 0 fully saturated rings. The van der Waals surface area contributed by atoms with Crippen LogP contribution in [0, 0.1) is 5.82 Å². The number of ether oxygens (including phenoxy) is 6. The van der Waals surface area contributed by atoms with Gasteiger partial charge in [0.05, 0.1) is 11.1 Å². The van der Waals surface area contributed by atoms with Crippen molar-refractivity contribution in [1.29, 1.82) is 0 Å². The molecule has 11 heteroatoms. The number of esters is 4. The van der Waals surface area contributed by atoms with Crippen molar-refractivity contribution >= 4 is 45.4 Å². The fourth-order valence-electron chi connectivity index (χ4n) is 4.32. The highest BCUT2D eigenvalue weighted by Crippen LogP contribution is 2.27. The van der Waals surface area contributed by atoms with Gasteiger partial charge >= 0.3 is 23.9 Å². The Morgan fingerprint density at radius 2 is 1.15 bits per heavy atom. The zero-order chi connectivity index (χ0) is 34.2. The van der Waals surface area contributed by atoms with E-state index in [1.807, 2.05) is 0 Å². The summed E-state index contributed by atoms with van der Waals surface area (Å²) in [4.78, 5) is 48.3. The summed E-state index contributed by atoms with van der Waals surface area (Å²) in [6.45, 7) is 7.77. The van der Waals surface area contributed by atoms with Crippen molar-refractivity contribution in [1.82, 2.24) is 0 Å². The van der Waals surface area contributed by atoms with E-state index in [9.17, 15) is 23.6 Å². The molecule has 0 N–H and O–H groups in total. The summed E-state index contributed by atoms with van der Waals surface area (Å²) in [5, 5.41) is 2.88. The van der Waals surface area contributed by atoms with Crippen molar-refractivity contribution in [2.75, 3.05) is 13.6 Å². The van der Waals surface area contributed by atoms with Crippen molar-refractivity contribution < 1.29 is 52.0 Å². The Balaban J connectivity index is 1.18. The molecule has 0 heterocycles. The second kappa shape index (κ2) is 14.7. The normalized spacial score (nSPS) is 10.5. The Morgan fingerprint density at radius 1 is 0.646 bits per heavy atom. The van der Waals surface area contributed by atoms with E-state index in [2.05, 4.69) is 13.2 Å². The molecule has 0 aliphatic rings. The van der Waals surface area contributed by atoms with Crippen LogP contribution in [0.2, 0.25) is 0 Å². The zero-order valence-electron chi connectivity index (χ0n) is 25.5. The molecule has 0 saturated heterocycles. The second-order valence-electron chi connectivity index (χ2n) is 10.2. The topological polar surface area (TPSA) is 124 Å². The summed E-state index contributed by atoms with van der Waals surface area (Å²) in [5.74, 6) is -3.15. The lowest BCUT2D eigenvalue weighted by molar-refractivity contribution is -0.145. The first-order valence-electron chi connectivity index (χ1n) is 14.3. The minimum Gasteiger partial charge on any atom is -0.457 e. The molecule has 5 rings (SSSR count). The van der Waals surface area contributed by atoms with E-state index < -0.39 is 29.7 Å². The average Bonchev–Trinajstić information content (AvgIpc) is 3.08. The molecule has 0 radical (unpaired) electrons. The summed E-state index contributed by atoms with van der Waals surface area (Å²) in [6.07, 6.45) is 1.03. The lowest BCUT2D eigenvalue weighted by Gasteiger charge is -2.10. The molecule has 0 bridgehead atoms. The Bertz CT molecular complexity index is 2080. The Kier molecular flexibility index (Phi) is 10.1. The van der Waals surface area contributed by atoms with Gasteiger partial charge in [0.1, 0.15) is 17.2 Å².